The van der Waals surface area contributed by atoms with Crippen LogP contribution in [0, 0.1) is 11.7 Å². The number of hydrogen-bond donors (Lipinski definition) is 1. The van der Waals surface area contributed by atoms with Crippen LogP contribution in [0.15, 0.2) is 24.3 Å². The summed E-state index contributed by atoms with van der Waals surface area (Å²) in [7, 11) is 1.93. The highest BCUT2D eigenvalue weighted by Gasteiger charge is 2.40. The van der Waals surface area contributed by atoms with Gasteiger partial charge in [-0.3, -0.25) is 9.69 Å². The van der Waals surface area contributed by atoms with Crippen LogP contribution in [-0.4, -0.2) is 66.3 Å². The van der Waals surface area contributed by atoms with E-state index in [4.69, 9.17) is 4.74 Å². The zero-order valence-corrected chi connectivity index (χ0v) is 14.8. The first-order valence-electron chi connectivity index (χ1n) is 8.97. The molecule has 138 valence electrons. The molecule has 25 heavy (non-hydrogen) atoms. The van der Waals surface area contributed by atoms with Crippen molar-refractivity contribution >= 4 is 5.91 Å². The van der Waals surface area contributed by atoms with E-state index in [1.807, 2.05) is 16.8 Å². The van der Waals surface area contributed by atoms with Gasteiger partial charge in [0, 0.05) is 38.8 Å². The summed E-state index contributed by atoms with van der Waals surface area (Å²) < 4.78 is 18.3. The second-order valence-electron chi connectivity index (χ2n) is 7.42. The molecule has 0 aromatic heterocycles. The quantitative estimate of drug-likeness (QED) is 0.877. The van der Waals surface area contributed by atoms with Crippen LogP contribution in [0.1, 0.15) is 24.8 Å². The summed E-state index contributed by atoms with van der Waals surface area (Å²) in [6.07, 6.45) is 2.15. The van der Waals surface area contributed by atoms with Crippen LogP contribution >= 0.6 is 0 Å². The van der Waals surface area contributed by atoms with Gasteiger partial charge in [0.15, 0.2) is 0 Å². The minimum absolute atomic E-state index is 0.0352. The Hall–Kier alpha value is -1.50. The standard InChI is InChI=1S/C19H27FN2O3/c1-21(12-15-2-4-17(20)5-3-15)13-19(24)8-9-22(14-19)18(23)16-6-10-25-11-7-16/h2-5,16,24H,6-14H2,1H3/t19-/m1/s1. The van der Waals surface area contributed by atoms with Crippen molar-refractivity contribution < 1.29 is 19.0 Å². The largest absolute Gasteiger partial charge is 0.387 e. The molecule has 6 heteroatoms. The van der Waals surface area contributed by atoms with E-state index in [9.17, 15) is 14.3 Å². The highest BCUT2D eigenvalue weighted by Crippen LogP contribution is 2.26. The number of rotatable bonds is 5. The fourth-order valence-corrected chi connectivity index (χ4v) is 3.84. The number of β-amino-alcohol motifs (C(OH)–C–C–N with tert-alkyl or cyclic N) is 1. The van der Waals surface area contributed by atoms with E-state index in [1.165, 1.54) is 12.1 Å². The molecule has 1 N–H and O–H groups in total. The molecule has 0 aliphatic carbocycles. The lowest BCUT2D eigenvalue weighted by atomic mass is 9.98. The van der Waals surface area contributed by atoms with Gasteiger partial charge in [-0.1, -0.05) is 12.1 Å². The summed E-state index contributed by atoms with van der Waals surface area (Å²) in [6.45, 7) is 3.41. The summed E-state index contributed by atoms with van der Waals surface area (Å²) in [5.41, 5.74) is 0.121. The van der Waals surface area contributed by atoms with Gasteiger partial charge < -0.3 is 14.7 Å². The Morgan fingerprint density at radius 2 is 2.04 bits per heavy atom. The lowest BCUT2D eigenvalue weighted by Gasteiger charge is -2.30. The van der Waals surface area contributed by atoms with E-state index in [0.29, 0.717) is 45.8 Å². The minimum Gasteiger partial charge on any atom is -0.387 e. The molecule has 3 rings (SSSR count). The van der Waals surface area contributed by atoms with Crippen LogP contribution in [-0.2, 0) is 16.1 Å². The van der Waals surface area contributed by atoms with Gasteiger partial charge in [-0.2, -0.15) is 0 Å². The van der Waals surface area contributed by atoms with Gasteiger partial charge in [0.2, 0.25) is 5.91 Å². The van der Waals surface area contributed by atoms with Gasteiger partial charge >= 0.3 is 0 Å². The summed E-state index contributed by atoms with van der Waals surface area (Å²) in [5.74, 6) is -0.0588. The average molecular weight is 350 g/mol. The molecule has 2 aliphatic rings. The first kappa shape index (κ1) is 18.3. The fraction of sp³-hybridized carbons (Fsp3) is 0.632. The zero-order valence-electron chi connectivity index (χ0n) is 14.8. The van der Waals surface area contributed by atoms with Gasteiger partial charge in [-0.05, 0) is 44.0 Å². The van der Waals surface area contributed by atoms with Gasteiger partial charge in [0.05, 0.1) is 12.1 Å². The number of aliphatic hydroxyl groups is 1. The predicted octanol–water partition coefficient (Wildman–Crippen LogP) is 1.65. The Kier molecular flexibility index (Phi) is 5.71. The predicted molar refractivity (Wildman–Crippen MR) is 92.4 cm³/mol. The molecule has 1 aromatic carbocycles. The molecule has 2 fully saturated rings. The number of likely N-dealkylation sites (N-methyl/N-ethyl adjacent to an activating group) is 1. The van der Waals surface area contributed by atoms with Crippen molar-refractivity contribution in [2.24, 2.45) is 5.92 Å². The summed E-state index contributed by atoms with van der Waals surface area (Å²) >= 11 is 0. The molecule has 2 aliphatic heterocycles. The molecule has 2 saturated heterocycles. The molecule has 1 atom stereocenters. The zero-order chi connectivity index (χ0) is 17.9. The molecule has 1 amide bonds. The van der Waals surface area contributed by atoms with Gasteiger partial charge in [0.1, 0.15) is 5.82 Å². The van der Waals surface area contributed by atoms with Crippen molar-refractivity contribution in [1.82, 2.24) is 9.80 Å². The Labute approximate surface area is 148 Å². The maximum absolute atomic E-state index is 13.0. The Bertz CT molecular complexity index is 589. The molecule has 2 heterocycles. The summed E-state index contributed by atoms with van der Waals surface area (Å²) in [5, 5.41) is 10.9. The average Bonchev–Trinajstić information content (AvgIpc) is 2.98. The molecule has 0 spiro atoms. The van der Waals surface area contributed by atoms with Crippen LogP contribution in [0.4, 0.5) is 4.39 Å². The molecule has 5 nitrogen and oxygen atoms in total. The van der Waals surface area contributed by atoms with Gasteiger partial charge in [-0.25, -0.2) is 4.39 Å². The second kappa shape index (κ2) is 7.81. The number of carbonyl (C=O) groups is 1. The summed E-state index contributed by atoms with van der Waals surface area (Å²) in [4.78, 5) is 16.4. The topological polar surface area (TPSA) is 53.0 Å². The van der Waals surface area contributed by atoms with Crippen LogP contribution in [0.3, 0.4) is 0 Å². The van der Waals surface area contributed by atoms with Crippen molar-refractivity contribution in [2.45, 2.75) is 31.4 Å². The smallest absolute Gasteiger partial charge is 0.225 e. The Morgan fingerprint density at radius 1 is 1.36 bits per heavy atom. The first-order chi connectivity index (χ1) is 12.0. The lowest BCUT2D eigenvalue weighted by Crippen LogP contribution is -2.45. The molecule has 0 saturated carbocycles. The van der Waals surface area contributed by atoms with Crippen LogP contribution in [0.2, 0.25) is 0 Å². The molecule has 0 radical (unpaired) electrons. The van der Waals surface area contributed by atoms with E-state index >= 15 is 0 Å². The number of hydrogen-bond acceptors (Lipinski definition) is 4. The van der Waals surface area contributed by atoms with Crippen LogP contribution in [0.25, 0.3) is 0 Å². The van der Waals surface area contributed by atoms with Crippen molar-refractivity contribution in [1.29, 1.82) is 0 Å². The number of ether oxygens (including phenoxy) is 1. The van der Waals surface area contributed by atoms with E-state index in [2.05, 4.69) is 0 Å². The maximum atomic E-state index is 13.0. The van der Waals surface area contributed by atoms with Gasteiger partial charge in [-0.15, -0.1) is 0 Å². The number of carbonyl (C=O) groups excluding carboxylic acids is 1. The number of amides is 1. The minimum atomic E-state index is -0.879. The summed E-state index contributed by atoms with van der Waals surface area (Å²) in [6, 6.07) is 6.40. The third kappa shape index (κ3) is 4.77. The number of likely N-dealkylation sites (tertiary alicyclic amines) is 1. The highest BCUT2D eigenvalue weighted by molar-refractivity contribution is 5.79. The van der Waals surface area contributed by atoms with Crippen LogP contribution in [0.5, 0.6) is 0 Å². The Balaban J connectivity index is 1.52. The third-order valence-corrected chi connectivity index (χ3v) is 5.14. The maximum Gasteiger partial charge on any atom is 0.225 e. The fourth-order valence-electron chi connectivity index (χ4n) is 3.84. The third-order valence-electron chi connectivity index (χ3n) is 5.14. The van der Waals surface area contributed by atoms with Crippen molar-refractivity contribution in [3.63, 3.8) is 0 Å². The number of halogens is 1. The SMILES string of the molecule is CN(Cc1ccc(F)cc1)C[C@]1(O)CCN(C(=O)C2CCOCC2)C1. The van der Waals surface area contributed by atoms with E-state index in [1.54, 1.807) is 12.1 Å². The van der Waals surface area contributed by atoms with Gasteiger partial charge in [0.25, 0.3) is 0 Å². The molecular weight excluding hydrogens is 323 g/mol. The number of nitrogens with zero attached hydrogens (tertiary/aromatic N) is 2. The number of benzene rings is 1. The van der Waals surface area contributed by atoms with Crippen molar-refractivity contribution in [3.05, 3.63) is 35.6 Å². The van der Waals surface area contributed by atoms with Crippen molar-refractivity contribution in [2.75, 3.05) is 39.9 Å². The molecule has 0 bridgehead atoms. The monoisotopic (exact) mass is 350 g/mol. The lowest BCUT2D eigenvalue weighted by molar-refractivity contribution is -0.138. The molecule has 0 unspecified atom stereocenters. The first-order valence-corrected chi connectivity index (χ1v) is 8.97. The van der Waals surface area contributed by atoms with Crippen molar-refractivity contribution in [3.8, 4) is 0 Å². The molecule has 1 aromatic rings. The van der Waals surface area contributed by atoms with E-state index in [-0.39, 0.29) is 17.6 Å². The van der Waals surface area contributed by atoms with E-state index < -0.39 is 5.60 Å². The second-order valence-corrected chi connectivity index (χ2v) is 7.42. The van der Waals surface area contributed by atoms with Crippen LogP contribution < -0.4 is 0 Å². The van der Waals surface area contributed by atoms with E-state index in [0.717, 1.165) is 18.4 Å². The molecular formula is C19H27FN2O3. The highest BCUT2D eigenvalue weighted by atomic mass is 19.1. The normalized spacial score (nSPS) is 24.9. The Morgan fingerprint density at radius 3 is 2.72 bits per heavy atom.